The number of aliphatic hydroxyl groups is 1. The molecular formula is C17H26O4. The third kappa shape index (κ3) is 2.66. The van der Waals surface area contributed by atoms with Gasteiger partial charge in [-0.25, -0.2) is 0 Å². The Labute approximate surface area is 126 Å². The summed E-state index contributed by atoms with van der Waals surface area (Å²) < 4.78 is 5.08. The number of ether oxygens (including phenoxy) is 1. The fourth-order valence-corrected chi connectivity index (χ4v) is 4.20. The molecule has 2 fully saturated rings. The summed E-state index contributed by atoms with van der Waals surface area (Å²) in [4.78, 5) is 23.5. The number of allylic oxidation sites excluding steroid dienone is 1. The van der Waals surface area contributed by atoms with Crippen molar-refractivity contribution in [3.8, 4) is 0 Å². The maximum absolute atomic E-state index is 12.5. The van der Waals surface area contributed by atoms with Crippen molar-refractivity contribution in [2.75, 3.05) is 7.11 Å². The number of esters is 1. The van der Waals surface area contributed by atoms with E-state index in [0.29, 0.717) is 18.4 Å². The zero-order valence-electron chi connectivity index (χ0n) is 13.4. The first-order chi connectivity index (χ1) is 9.68. The fourth-order valence-electron chi connectivity index (χ4n) is 4.20. The van der Waals surface area contributed by atoms with Crippen LogP contribution < -0.4 is 0 Å². The van der Waals surface area contributed by atoms with Crippen LogP contribution in [0, 0.1) is 16.7 Å². The van der Waals surface area contributed by atoms with Crippen molar-refractivity contribution < 1.29 is 19.4 Å². The Balaban J connectivity index is 2.52. The summed E-state index contributed by atoms with van der Waals surface area (Å²) >= 11 is 0. The van der Waals surface area contributed by atoms with Gasteiger partial charge in [0.2, 0.25) is 0 Å². The topological polar surface area (TPSA) is 63.6 Å². The lowest BCUT2D eigenvalue weighted by molar-refractivity contribution is -0.166. The van der Waals surface area contributed by atoms with Crippen molar-refractivity contribution in [2.24, 2.45) is 16.7 Å². The molecule has 3 atom stereocenters. The number of rotatable bonds is 2. The van der Waals surface area contributed by atoms with Crippen LogP contribution in [0.5, 0.6) is 0 Å². The SMILES string of the molecule is COC(=O)[C@]12CCC(C)(C)C[C@H]1/C(=C\C=O)[C@](C)(O)CC2. The van der Waals surface area contributed by atoms with Crippen LogP contribution in [0.3, 0.4) is 0 Å². The largest absolute Gasteiger partial charge is 0.469 e. The summed E-state index contributed by atoms with van der Waals surface area (Å²) in [5, 5.41) is 10.7. The predicted octanol–water partition coefficient (Wildman–Crippen LogP) is 2.64. The van der Waals surface area contributed by atoms with E-state index in [0.717, 1.165) is 25.5 Å². The summed E-state index contributed by atoms with van der Waals surface area (Å²) in [6.45, 7) is 6.09. The Morgan fingerprint density at radius 3 is 2.43 bits per heavy atom. The monoisotopic (exact) mass is 294 g/mol. The molecule has 2 rings (SSSR count). The second-order valence-electron chi connectivity index (χ2n) is 7.60. The van der Waals surface area contributed by atoms with Gasteiger partial charge >= 0.3 is 5.97 Å². The highest BCUT2D eigenvalue weighted by Crippen LogP contribution is 2.59. The Kier molecular flexibility index (Phi) is 4.04. The minimum atomic E-state index is -1.02. The van der Waals surface area contributed by atoms with E-state index in [2.05, 4.69) is 13.8 Å². The molecule has 0 saturated heterocycles. The lowest BCUT2D eigenvalue weighted by Crippen LogP contribution is -2.54. The molecule has 0 unspecified atom stereocenters. The van der Waals surface area contributed by atoms with E-state index < -0.39 is 11.0 Å². The molecule has 0 aromatic carbocycles. The molecule has 0 radical (unpaired) electrons. The molecule has 0 amide bonds. The van der Waals surface area contributed by atoms with Gasteiger partial charge in [-0.1, -0.05) is 13.8 Å². The number of fused-ring (bicyclic) bond motifs is 1. The van der Waals surface area contributed by atoms with E-state index in [9.17, 15) is 14.7 Å². The smallest absolute Gasteiger partial charge is 0.312 e. The second kappa shape index (κ2) is 5.24. The van der Waals surface area contributed by atoms with Gasteiger partial charge < -0.3 is 9.84 Å². The summed E-state index contributed by atoms with van der Waals surface area (Å²) in [6.07, 6.45) is 5.78. The highest BCUT2D eigenvalue weighted by Gasteiger charge is 2.58. The van der Waals surface area contributed by atoms with Gasteiger partial charge in [-0.2, -0.15) is 0 Å². The lowest BCUT2D eigenvalue weighted by atomic mass is 9.50. The van der Waals surface area contributed by atoms with Crippen LogP contribution in [0.1, 0.15) is 52.9 Å². The van der Waals surface area contributed by atoms with Crippen LogP contribution in [0.2, 0.25) is 0 Å². The lowest BCUT2D eigenvalue weighted by Gasteiger charge is -2.54. The normalized spacial score (nSPS) is 40.4. The van der Waals surface area contributed by atoms with Crippen molar-refractivity contribution in [1.29, 1.82) is 0 Å². The molecule has 4 nitrogen and oxygen atoms in total. The highest BCUT2D eigenvalue weighted by molar-refractivity contribution is 5.79. The molecule has 118 valence electrons. The fraction of sp³-hybridized carbons (Fsp3) is 0.765. The molecule has 0 aliphatic heterocycles. The Morgan fingerprint density at radius 1 is 1.24 bits per heavy atom. The summed E-state index contributed by atoms with van der Waals surface area (Å²) in [7, 11) is 1.42. The number of carbonyl (C=O) groups is 2. The first-order valence-electron chi connectivity index (χ1n) is 7.65. The van der Waals surface area contributed by atoms with E-state index in [1.54, 1.807) is 6.92 Å². The van der Waals surface area contributed by atoms with Gasteiger partial charge in [0.1, 0.15) is 6.29 Å². The van der Waals surface area contributed by atoms with Crippen LogP contribution in [-0.2, 0) is 14.3 Å². The molecule has 2 aliphatic carbocycles. The molecule has 2 saturated carbocycles. The summed E-state index contributed by atoms with van der Waals surface area (Å²) in [5.74, 6) is -0.321. The van der Waals surface area contributed by atoms with Gasteiger partial charge in [-0.05, 0) is 62.0 Å². The Morgan fingerprint density at radius 2 is 1.86 bits per heavy atom. The number of aldehydes is 1. The van der Waals surface area contributed by atoms with E-state index in [1.807, 2.05) is 0 Å². The van der Waals surface area contributed by atoms with E-state index >= 15 is 0 Å². The molecule has 4 heteroatoms. The zero-order chi connectivity index (χ0) is 15.9. The Hall–Kier alpha value is -1.16. The van der Waals surface area contributed by atoms with Gasteiger partial charge in [0.15, 0.2) is 0 Å². The molecular weight excluding hydrogens is 268 g/mol. The average Bonchev–Trinajstić information content (AvgIpc) is 2.41. The third-order valence-corrected chi connectivity index (χ3v) is 5.57. The van der Waals surface area contributed by atoms with Crippen molar-refractivity contribution in [3.05, 3.63) is 11.6 Å². The zero-order valence-corrected chi connectivity index (χ0v) is 13.4. The Bertz CT molecular complexity index is 471. The molecule has 2 aliphatic rings. The predicted molar refractivity (Wildman–Crippen MR) is 79.6 cm³/mol. The van der Waals surface area contributed by atoms with Gasteiger partial charge in [-0.15, -0.1) is 0 Å². The van der Waals surface area contributed by atoms with Crippen molar-refractivity contribution in [1.82, 2.24) is 0 Å². The average molecular weight is 294 g/mol. The van der Waals surface area contributed by atoms with Gasteiger partial charge in [0, 0.05) is 0 Å². The van der Waals surface area contributed by atoms with Crippen LogP contribution >= 0.6 is 0 Å². The number of hydrogen-bond acceptors (Lipinski definition) is 4. The minimum absolute atomic E-state index is 0.0948. The molecule has 0 bridgehead atoms. The molecule has 0 heterocycles. The van der Waals surface area contributed by atoms with Crippen molar-refractivity contribution >= 4 is 12.3 Å². The second-order valence-corrected chi connectivity index (χ2v) is 7.60. The van der Waals surface area contributed by atoms with E-state index in [4.69, 9.17) is 4.74 Å². The third-order valence-electron chi connectivity index (χ3n) is 5.57. The maximum Gasteiger partial charge on any atom is 0.312 e. The molecule has 0 spiro atoms. The molecule has 1 N–H and O–H groups in total. The van der Waals surface area contributed by atoms with Gasteiger partial charge in [0.25, 0.3) is 0 Å². The minimum Gasteiger partial charge on any atom is -0.469 e. The summed E-state index contributed by atoms with van der Waals surface area (Å²) in [5.41, 5.74) is -0.808. The number of carbonyl (C=O) groups excluding carboxylic acids is 2. The van der Waals surface area contributed by atoms with Gasteiger partial charge in [0.05, 0.1) is 18.1 Å². The van der Waals surface area contributed by atoms with Crippen LogP contribution in [0.4, 0.5) is 0 Å². The molecule has 0 aromatic rings. The summed E-state index contributed by atoms with van der Waals surface area (Å²) in [6, 6.07) is 0. The van der Waals surface area contributed by atoms with E-state index in [-0.39, 0.29) is 17.3 Å². The quantitative estimate of drug-likeness (QED) is 0.483. The molecule has 21 heavy (non-hydrogen) atoms. The first kappa shape index (κ1) is 16.2. The number of methoxy groups -OCH3 is 1. The van der Waals surface area contributed by atoms with Crippen molar-refractivity contribution in [3.63, 3.8) is 0 Å². The van der Waals surface area contributed by atoms with E-state index in [1.165, 1.54) is 13.2 Å². The maximum atomic E-state index is 12.5. The van der Waals surface area contributed by atoms with Crippen LogP contribution in [-0.4, -0.2) is 30.1 Å². The highest BCUT2D eigenvalue weighted by atomic mass is 16.5. The van der Waals surface area contributed by atoms with Crippen LogP contribution in [0.15, 0.2) is 11.6 Å². The molecule has 0 aromatic heterocycles. The van der Waals surface area contributed by atoms with Gasteiger partial charge in [-0.3, -0.25) is 9.59 Å². The number of hydrogen-bond donors (Lipinski definition) is 1. The van der Waals surface area contributed by atoms with Crippen LogP contribution in [0.25, 0.3) is 0 Å². The standard InChI is InChI=1S/C17H26O4/c1-15(2)6-8-17(14(19)21-4)9-7-16(3,20)12(5-10-18)13(17)11-15/h5,10,13,20H,6-9,11H2,1-4H3/b12-5+/t13-,16+,17-/m0/s1. The first-order valence-corrected chi connectivity index (χ1v) is 7.65. The van der Waals surface area contributed by atoms with Crippen molar-refractivity contribution in [2.45, 2.75) is 58.5 Å².